The summed E-state index contributed by atoms with van der Waals surface area (Å²) in [4.78, 5) is 24.0. The zero-order chi connectivity index (χ0) is 17.5. The van der Waals surface area contributed by atoms with Crippen molar-refractivity contribution in [2.45, 2.75) is 17.0 Å². The first-order chi connectivity index (χ1) is 12.2. The molecule has 2 aromatic rings. The van der Waals surface area contributed by atoms with Crippen molar-refractivity contribution in [1.29, 1.82) is 0 Å². The van der Waals surface area contributed by atoms with Crippen molar-refractivity contribution in [2.24, 2.45) is 0 Å². The van der Waals surface area contributed by atoms with Crippen LogP contribution in [0.5, 0.6) is 0 Å². The molecule has 0 atom stereocenters. The van der Waals surface area contributed by atoms with E-state index in [-0.39, 0.29) is 5.91 Å². The summed E-state index contributed by atoms with van der Waals surface area (Å²) in [6.45, 7) is 0. The van der Waals surface area contributed by atoms with E-state index in [1.54, 1.807) is 23.5 Å². The summed E-state index contributed by atoms with van der Waals surface area (Å²) < 4.78 is 0. The van der Waals surface area contributed by atoms with Crippen LogP contribution in [0.1, 0.15) is 11.1 Å². The monoisotopic (exact) mass is 372 g/mol. The van der Waals surface area contributed by atoms with Crippen molar-refractivity contribution in [3.05, 3.63) is 71.8 Å². The van der Waals surface area contributed by atoms with E-state index in [2.05, 4.69) is 34.9 Å². The Morgan fingerprint density at radius 3 is 1.64 bits per heavy atom. The Bertz CT molecular complexity index is 677. The Morgan fingerprint density at radius 1 is 0.760 bits per heavy atom. The molecule has 0 unspecified atom stereocenters. The maximum absolute atomic E-state index is 12.4. The highest BCUT2D eigenvalue weighted by Crippen LogP contribution is 2.26. The van der Waals surface area contributed by atoms with Gasteiger partial charge < -0.3 is 5.32 Å². The number of imide groups is 1. The number of hydrogen-bond donors (Lipinski definition) is 2. The fourth-order valence-electron chi connectivity index (χ4n) is 2.61. The second-order valence-corrected chi connectivity index (χ2v) is 7.92. The van der Waals surface area contributed by atoms with Gasteiger partial charge in [-0.25, -0.2) is 4.79 Å². The molecule has 1 aliphatic rings. The molecule has 0 spiro atoms. The predicted octanol–water partition coefficient (Wildman–Crippen LogP) is 3.43. The van der Waals surface area contributed by atoms with Gasteiger partial charge in [0.05, 0.1) is 0 Å². The molecule has 2 aromatic carbocycles. The molecule has 0 saturated carbocycles. The van der Waals surface area contributed by atoms with E-state index in [0.717, 1.165) is 11.5 Å². The number of thioether (sulfide) groups is 2. The van der Waals surface area contributed by atoms with Gasteiger partial charge in [0.15, 0.2) is 0 Å². The summed E-state index contributed by atoms with van der Waals surface area (Å²) in [5.41, 5.74) is 1.59. The van der Waals surface area contributed by atoms with Crippen molar-refractivity contribution in [1.82, 2.24) is 10.6 Å². The minimum Gasteiger partial charge on any atom is -0.322 e. The van der Waals surface area contributed by atoms with Crippen molar-refractivity contribution in [2.75, 3.05) is 11.5 Å². The number of carbonyl (C=O) groups excluding carboxylic acids is 2. The van der Waals surface area contributed by atoms with Crippen LogP contribution in [0.15, 0.2) is 60.7 Å². The molecule has 2 N–H and O–H groups in total. The van der Waals surface area contributed by atoms with Gasteiger partial charge in [0.1, 0.15) is 5.54 Å². The van der Waals surface area contributed by atoms with Crippen LogP contribution in [-0.2, 0) is 16.3 Å². The average molecular weight is 373 g/mol. The standard InChI is InChI=1S/C19H20N2O2S2/c22-17-19(21-18(23)20-17,13-24-11-15-7-3-1-4-8-15)14-25-12-16-9-5-2-6-10-16/h1-10H,11-14H2,(H2,20,21,22,23). The number of urea groups is 1. The number of carbonyl (C=O) groups is 2. The van der Waals surface area contributed by atoms with E-state index in [4.69, 9.17) is 0 Å². The Labute approximate surface area is 156 Å². The minimum absolute atomic E-state index is 0.223. The summed E-state index contributed by atoms with van der Waals surface area (Å²) in [5.74, 6) is 2.52. The lowest BCUT2D eigenvalue weighted by molar-refractivity contribution is -0.122. The van der Waals surface area contributed by atoms with Crippen LogP contribution in [0.3, 0.4) is 0 Å². The molecule has 1 saturated heterocycles. The van der Waals surface area contributed by atoms with Crippen molar-refractivity contribution in [3.8, 4) is 0 Å². The molecule has 3 rings (SSSR count). The third-order valence-corrected chi connectivity index (χ3v) is 6.40. The van der Waals surface area contributed by atoms with Gasteiger partial charge in [-0.2, -0.15) is 23.5 Å². The molecule has 0 aliphatic carbocycles. The molecule has 0 bridgehead atoms. The summed E-state index contributed by atoms with van der Waals surface area (Å²) in [6.07, 6.45) is 0. The normalized spacial score (nSPS) is 15.7. The lowest BCUT2D eigenvalue weighted by atomic mass is 10.1. The first-order valence-corrected chi connectivity index (χ1v) is 10.4. The fraction of sp³-hybridized carbons (Fsp3) is 0.263. The molecular weight excluding hydrogens is 352 g/mol. The maximum atomic E-state index is 12.4. The third-order valence-electron chi connectivity index (χ3n) is 3.93. The quantitative estimate of drug-likeness (QED) is 0.697. The van der Waals surface area contributed by atoms with Crippen molar-refractivity contribution in [3.63, 3.8) is 0 Å². The Balaban J connectivity index is 1.58. The molecule has 1 heterocycles. The summed E-state index contributed by atoms with van der Waals surface area (Å²) in [6, 6.07) is 19.9. The van der Waals surface area contributed by atoms with Gasteiger partial charge in [-0.1, -0.05) is 60.7 Å². The Morgan fingerprint density at radius 2 is 1.24 bits per heavy atom. The first-order valence-electron chi connectivity index (χ1n) is 8.05. The molecule has 0 aromatic heterocycles. The molecule has 4 nitrogen and oxygen atoms in total. The van der Waals surface area contributed by atoms with Crippen LogP contribution in [0.4, 0.5) is 4.79 Å². The van der Waals surface area contributed by atoms with Crippen molar-refractivity contribution < 1.29 is 9.59 Å². The number of rotatable bonds is 8. The zero-order valence-corrected chi connectivity index (χ0v) is 15.4. The number of amides is 3. The smallest absolute Gasteiger partial charge is 0.322 e. The Kier molecular flexibility index (Phi) is 6.04. The topological polar surface area (TPSA) is 58.2 Å². The van der Waals surface area contributed by atoms with Crippen LogP contribution < -0.4 is 10.6 Å². The van der Waals surface area contributed by atoms with E-state index in [9.17, 15) is 9.59 Å². The predicted molar refractivity (Wildman–Crippen MR) is 105 cm³/mol. The maximum Gasteiger partial charge on any atom is 0.322 e. The number of hydrogen-bond acceptors (Lipinski definition) is 4. The van der Waals surface area contributed by atoms with E-state index < -0.39 is 11.6 Å². The largest absolute Gasteiger partial charge is 0.322 e. The Hall–Kier alpha value is -1.92. The van der Waals surface area contributed by atoms with Gasteiger partial charge in [-0.05, 0) is 11.1 Å². The van der Waals surface area contributed by atoms with Gasteiger partial charge in [-0.15, -0.1) is 0 Å². The second kappa shape index (κ2) is 8.45. The molecule has 0 radical (unpaired) electrons. The summed E-state index contributed by atoms with van der Waals surface area (Å²) in [5, 5.41) is 5.24. The summed E-state index contributed by atoms with van der Waals surface area (Å²) >= 11 is 3.33. The van der Waals surface area contributed by atoms with Gasteiger partial charge in [0.25, 0.3) is 5.91 Å². The van der Waals surface area contributed by atoms with E-state index in [0.29, 0.717) is 11.5 Å². The zero-order valence-electron chi connectivity index (χ0n) is 13.7. The van der Waals surface area contributed by atoms with E-state index >= 15 is 0 Å². The lowest BCUT2D eigenvalue weighted by Gasteiger charge is -2.25. The third kappa shape index (κ3) is 4.80. The molecule has 1 aliphatic heterocycles. The lowest BCUT2D eigenvalue weighted by Crippen LogP contribution is -2.51. The number of nitrogens with one attached hydrogen (secondary N) is 2. The van der Waals surface area contributed by atoms with Gasteiger partial charge >= 0.3 is 6.03 Å². The van der Waals surface area contributed by atoms with Gasteiger partial charge in [0.2, 0.25) is 0 Å². The number of benzene rings is 2. The minimum atomic E-state index is -0.837. The van der Waals surface area contributed by atoms with Crippen molar-refractivity contribution >= 4 is 35.5 Å². The van der Waals surface area contributed by atoms with Crippen LogP contribution in [-0.4, -0.2) is 29.0 Å². The highest BCUT2D eigenvalue weighted by Gasteiger charge is 2.45. The molecule has 3 amide bonds. The van der Waals surface area contributed by atoms with Gasteiger partial charge in [-0.3, -0.25) is 10.1 Å². The van der Waals surface area contributed by atoms with Gasteiger partial charge in [0, 0.05) is 23.0 Å². The average Bonchev–Trinajstić information content (AvgIpc) is 2.90. The second-order valence-electron chi connectivity index (χ2n) is 5.95. The highest BCUT2D eigenvalue weighted by atomic mass is 32.2. The first kappa shape index (κ1) is 17.9. The summed E-state index contributed by atoms with van der Waals surface area (Å²) in [7, 11) is 0. The van der Waals surface area contributed by atoms with Crippen LogP contribution >= 0.6 is 23.5 Å². The van der Waals surface area contributed by atoms with Crippen LogP contribution in [0.25, 0.3) is 0 Å². The molecule has 130 valence electrons. The molecule has 1 fully saturated rings. The molecular formula is C19H20N2O2S2. The van der Waals surface area contributed by atoms with Crippen LogP contribution in [0.2, 0.25) is 0 Å². The van der Waals surface area contributed by atoms with E-state index in [1.165, 1.54) is 11.1 Å². The highest BCUT2D eigenvalue weighted by molar-refractivity contribution is 7.99. The molecule has 25 heavy (non-hydrogen) atoms. The van der Waals surface area contributed by atoms with E-state index in [1.807, 2.05) is 36.4 Å². The SMILES string of the molecule is O=C1NC(=O)C(CSCc2ccccc2)(CSCc2ccccc2)N1. The van der Waals surface area contributed by atoms with Crippen LogP contribution in [0, 0.1) is 0 Å². The molecule has 6 heteroatoms. The fourth-order valence-corrected chi connectivity index (χ4v) is 5.10.